The molecule has 11 rings (SSSR count). The van der Waals surface area contributed by atoms with E-state index < -0.39 is 59.4 Å². The number of rotatable bonds is 28. The van der Waals surface area contributed by atoms with Crippen molar-refractivity contribution in [2.24, 2.45) is 29.0 Å². The minimum Gasteiger partial charge on any atom is -0.870 e. The number of halogens is 1. The van der Waals surface area contributed by atoms with Crippen LogP contribution in [0, 0.1) is 50.9 Å². The number of esters is 2. The summed E-state index contributed by atoms with van der Waals surface area (Å²) in [6, 6.07) is 42.6. The molecule has 34 heteroatoms. The maximum absolute atomic E-state index is 14.9. The van der Waals surface area contributed by atoms with Gasteiger partial charge in [0.25, 0.3) is 0 Å². The van der Waals surface area contributed by atoms with E-state index in [9.17, 15) is 48.7 Å². The van der Waals surface area contributed by atoms with Gasteiger partial charge >= 0.3 is 47.5 Å². The molecule has 0 unspecified atom stereocenters. The molecule has 5 heterocycles. The number of anilines is 3. The summed E-state index contributed by atoms with van der Waals surface area (Å²) >= 11 is 6.17. The molecule has 0 aliphatic carbocycles. The quantitative estimate of drug-likeness (QED) is 0.0115. The molecule has 4 bridgehead atoms. The van der Waals surface area contributed by atoms with Gasteiger partial charge in [-0.3, -0.25) is 24.0 Å². The molecule has 144 heavy (non-hydrogen) atoms. The molecule has 4 aromatic heterocycles. The van der Waals surface area contributed by atoms with Crippen molar-refractivity contribution >= 4 is 76.1 Å². The number of benzene rings is 6. The number of carboxylic acids is 1. The van der Waals surface area contributed by atoms with E-state index in [-0.39, 0.29) is 168 Å². The largest absolute Gasteiger partial charge is 1.00 e. The number of aromatic carboxylic acids is 1. The number of Topliss-reactive ketones (excluding diaryl/α,β-unsaturated/α-hetero) is 3. The van der Waals surface area contributed by atoms with E-state index in [1.54, 1.807) is 110 Å². The van der Waals surface area contributed by atoms with E-state index in [1.165, 1.54) is 28.6 Å². The van der Waals surface area contributed by atoms with Gasteiger partial charge in [0, 0.05) is 133 Å². The van der Waals surface area contributed by atoms with Gasteiger partial charge in [-0.25, -0.2) is 54.3 Å². The van der Waals surface area contributed by atoms with Gasteiger partial charge < -0.3 is 77.0 Å². The van der Waals surface area contributed by atoms with Crippen LogP contribution in [0.1, 0.15) is 240 Å². The zero-order chi connectivity index (χ0) is 106. The fourth-order valence-corrected chi connectivity index (χ4v) is 15.9. The monoisotopic (exact) mass is 2000 g/mol. The van der Waals surface area contributed by atoms with Crippen LogP contribution in [0.25, 0.3) is 56.7 Å². The molecule has 0 radical (unpaired) electrons. The van der Waals surface area contributed by atoms with Crippen molar-refractivity contribution in [2.45, 2.75) is 204 Å². The van der Waals surface area contributed by atoms with Crippen molar-refractivity contribution in [3.8, 4) is 74.2 Å². The Balaban J connectivity index is 0.000000389. The summed E-state index contributed by atoms with van der Waals surface area (Å²) in [5, 5.41) is 24.4. The minimum absolute atomic E-state index is 0. The van der Waals surface area contributed by atoms with Crippen molar-refractivity contribution < 1.29 is 97.4 Å². The second-order valence-electron chi connectivity index (χ2n) is 39.6. The number of fused-ring (bicyclic) bond motifs is 5. The van der Waals surface area contributed by atoms with Crippen LogP contribution >= 0.6 is 11.6 Å². The Morgan fingerprint density at radius 2 is 0.882 bits per heavy atom. The van der Waals surface area contributed by atoms with Crippen LogP contribution in [0.2, 0.25) is 5.15 Å². The number of nitrogens with one attached hydrogen (secondary N) is 2. The molecule has 4 atom stereocenters. The van der Waals surface area contributed by atoms with Crippen molar-refractivity contribution in [1.29, 1.82) is 5.26 Å². The van der Waals surface area contributed by atoms with E-state index >= 15 is 0 Å². The second-order valence-corrected chi connectivity index (χ2v) is 40.0. The number of amides is 2. The molecule has 32 nitrogen and oxygen atoms in total. The van der Waals surface area contributed by atoms with Gasteiger partial charge in [-0.2, -0.15) is 5.26 Å². The molecular weight excluding hydrogens is 1860 g/mol. The van der Waals surface area contributed by atoms with Gasteiger partial charge in [0.2, 0.25) is 11.8 Å². The number of nitriles is 1. The third-order valence-corrected chi connectivity index (χ3v) is 23.6. The summed E-state index contributed by atoms with van der Waals surface area (Å²) in [7, 11) is 16.1. The number of nitrogens with two attached hydrogens (primary N) is 3. The summed E-state index contributed by atoms with van der Waals surface area (Å²) in [6.45, 7) is 39.5. The number of hydrogen-bond acceptors (Lipinski definition) is 29. The number of carbonyl (C=O) groups excluding carboxylic acids is 7. The van der Waals surface area contributed by atoms with E-state index in [4.69, 9.17) is 57.7 Å². The fourth-order valence-electron chi connectivity index (χ4n) is 15.6. The van der Waals surface area contributed by atoms with Gasteiger partial charge in [-0.1, -0.05) is 211 Å². The number of carboxylic acid groups (broad SMARTS) is 1. The smallest absolute Gasteiger partial charge is 0.870 e. The van der Waals surface area contributed by atoms with Crippen LogP contribution in [-0.2, 0) is 56.7 Å². The Hall–Kier alpha value is -12.4. The van der Waals surface area contributed by atoms with Gasteiger partial charge in [0.05, 0.1) is 53.7 Å². The van der Waals surface area contributed by atoms with E-state index in [2.05, 4.69) is 160 Å². The first kappa shape index (κ1) is 122. The number of aromatic nitrogens is 8. The summed E-state index contributed by atoms with van der Waals surface area (Å²) in [5.74, 6) is -1.67. The molecule has 10 N–H and O–H groups in total. The van der Waals surface area contributed by atoms with Crippen molar-refractivity contribution in [3.05, 3.63) is 217 Å². The Morgan fingerprint density at radius 3 is 1.25 bits per heavy atom. The molecular formula is C110H146ClN18NaO14. The predicted molar refractivity (Wildman–Crippen MR) is 564 cm³/mol. The zero-order valence-corrected chi connectivity index (χ0v) is 92.2. The Labute approximate surface area is 876 Å². The van der Waals surface area contributed by atoms with Gasteiger partial charge in [-0.05, 0) is 154 Å². The summed E-state index contributed by atoms with van der Waals surface area (Å²) in [4.78, 5) is 150. The Kier molecular flexibility index (Phi) is 46.7. The first-order valence-electron chi connectivity index (χ1n) is 47.7. The van der Waals surface area contributed by atoms with Crippen LogP contribution in [0.4, 0.5) is 17.5 Å². The van der Waals surface area contributed by atoms with Gasteiger partial charge in [0.1, 0.15) is 70.1 Å². The molecule has 6 aromatic carbocycles. The number of nitrogens with zero attached hydrogens (tertiary/aromatic N) is 13. The topological polar surface area (TPSA) is 466 Å². The van der Waals surface area contributed by atoms with E-state index in [0.29, 0.717) is 109 Å². The Morgan fingerprint density at radius 1 is 0.521 bits per heavy atom. The maximum Gasteiger partial charge on any atom is 1.00 e. The molecule has 768 valence electrons. The molecule has 0 fully saturated rings. The van der Waals surface area contributed by atoms with Crippen LogP contribution in [-0.4, -0.2) is 218 Å². The van der Waals surface area contributed by atoms with Gasteiger partial charge in [0.15, 0.2) is 40.6 Å². The second kappa shape index (κ2) is 55.0. The predicted octanol–water partition coefficient (Wildman–Crippen LogP) is 14.2. The van der Waals surface area contributed by atoms with E-state index in [0.717, 1.165) is 27.8 Å². The van der Waals surface area contributed by atoms with Crippen LogP contribution in [0.15, 0.2) is 133 Å². The number of ketones is 3. The van der Waals surface area contributed by atoms with Crippen molar-refractivity contribution in [1.82, 2.24) is 55.4 Å². The average molecular weight is 2000 g/mol. The first-order chi connectivity index (χ1) is 66.7. The van der Waals surface area contributed by atoms with Crippen molar-refractivity contribution in [2.75, 3.05) is 124 Å². The SMILES string of the molecule is CCOC(=O)c1c(C)nc(-c2ccc(C(C)(C)C)cc2)nc1Cl.CCOC(=O)c1c(C)nc(-c2ccc(C(C)(C)C)cc2)nc1N(C)C.CNC.Cc1nc(-c2ccc(C(C)(C)C)cc2)nc(N(C)C)c1C(=O)C[C@@H](CCN)C(=O)N(C)[C@@H]1C(=O)C[C@@H](C)C(=O)N[C@H](C(=O)CCC#N)Cc2ccc(OCCN)c(c2)-c2cc1ccc2OCCN.Cc1nc(-c2ccc(C(C)(C)C)cc2)nc(N(C)C)c1C(=O)O.[Na+].[OH-]. The molecule has 0 saturated carbocycles. The average Bonchev–Trinajstić information content (AvgIpc) is 0.779. The Bertz CT molecular complexity index is 6080. The standard InChI is InChI=1S/C52H67N9O7.C20H27N3O2.C18H21ClN2O2.C18H23N3O2.C2H7N.Na.H2O/c1-31-26-43(64)47(61(8)51(66)36(19-21-54)30-42(63)46-32(2)57-48(59-49(46)60(6)7)34-12-15-37(16-13-34)52(3,4)5)35-14-18-45(68-25-23-56)39(29-35)38-27-33(11-17-44(38)67-24-22-55)28-40(58-50(31)65)41(62)10-9-20-53;1-8-25-19(24)16-13(2)21-17(22-18(16)23(6)7)14-9-11-15(12-10-14)20(3,4)5;1-6-23-17(22)14-11(2)20-16(21-15(14)19)12-7-9-13(10-8-12)18(3,4)5;1-11-14(17(22)23)16(21(5)6)20-15(19-11)12-7-9-13(10-8-12)18(2,3)4;1-3-2;;/h11-18,27,29,31,36,40,47H,9-10,19,21-26,28,30,54-56H2,1-8H3,(H,58,65);9-12H,8H2,1-7H3;7-10H,6H2,1-5H3;7-10H,1-6H3,(H,22,23);3H,1-2H3;;1H2/q;;;;;+1;/p-1/t31-,36-,40+,47+;;;;;;/m1....../s1. The number of ether oxygens (including phenoxy) is 4. The third kappa shape index (κ3) is 33.1. The van der Waals surface area contributed by atoms with Crippen LogP contribution in [0.3, 0.4) is 0 Å². The third-order valence-electron chi connectivity index (χ3n) is 23.3. The van der Waals surface area contributed by atoms with Crippen LogP contribution in [0.5, 0.6) is 11.5 Å². The number of likely N-dealkylation sites (N-methyl/N-ethyl adjacent to an activating group) is 1. The zero-order valence-electron chi connectivity index (χ0n) is 89.4. The first-order valence-corrected chi connectivity index (χ1v) is 48.1. The molecule has 1 aliphatic rings. The van der Waals surface area contributed by atoms with Gasteiger partial charge in [-0.15, -0.1) is 0 Å². The number of aryl methyl sites for hydroxylation is 4. The molecule has 10 aromatic rings. The summed E-state index contributed by atoms with van der Waals surface area (Å²) in [6.07, 6.45) is -0.459. The van der Waals surface area contributed by atoms with E-state index in [1.807, 2.05) is 113 Å². The molecule has 0 saturated heterocycles. The summed E-state index contributed by atoms with van der Waals surface area (Å²) < 4.78 is 22.4. The molecule has 1 aliphatic heterocycles. The number of hydrogen-bond donors (Lipinski definition) is 6. The summed E-state index contributed by atoms with van der Waals surface area (Å²) in [5.41, 5.74) is 31.6. The fraction of sp³-hybridized carbons (Fsp3) is 0.445. The maximum atomic E-state index is 14.9. The minimum atomic E-state index is -1.26. The van der Waals surface area contributed by atoms with Crippen molar-refractivity contribution in [3.63, 3.8) is 0 Å². The normalized spacial score (nSPS) is 13.6. The molecule has 2 amide bonds. The van der Waals surface area contributed by atoms with Crippen LogP contribution < -0.4 is 81.6 Å². The molecule has 0 spiro atoms. The number of carbonyl (C=O) groups is 8.